The van der Waals surface area contributed by atoms with Crippen molar-refractivity contribution >= 4 is 39.2 Å². The topological polar surface area (TPSA) is 88.5 Å². The number of nitrogens with one attached hydrogen (secondary N) is 2. The number of morpholine rings is 1. The number of anilines is 1. The Morgan fingerprint density at radius 1 is 1.23 bits per heavy atom. The molecule has 0 saturated carbocycles. The van der Waals surface area contributed by atoms with Crippen molar-refractivity contribution in [3.05, 3.63) is 82.0 Å². The molecule has 2 aromatic carbocycles. The van der Waals surface area contributed by atoms with Crippen LogP contribution in [0.25, 0.3) is 10.9 Å². The number of nitrogens with zero attached hydrogens (tertiary/aromatic N) is 3. The molecule has 8 nitrogen and oxygen atoms in total. The summed E-state index contributed by atoms with van der Waals surface area (Å²) in [5.41, 5.74) is 4.43. The normalized spacial score (nSPS) is 18.3. The van der Waals surface area contributed by atoms with E-state index in [-0.39, 0.29) is 17.9 Å². The number of amides is 2. The van der Waals surface area contributed by atoms with Crippen LogP contribution in [0.3, 0.4) is 0 Å². The molecule has 4 heterocycles. The fourth-order valence-corrected chi connectivity index (χ4v) is 6.79. The maximum atomic E-state index is 12.9. The van der Waals surface area contributed by atoms with E-state index in [0.29, 0.717) is 30.2 Å². The highest BCUT2D eigenvalue weighted by Gasteiger charge is 2.40. The van der Waals surface area contributed by atoms with Crippen LogP contribution in [-0.2, 0) is 30.3 Å². The molecule has 1 atom stereocenters. The number of hydrogen-bond donors (Lipinski definition) is 2. The number of ether oxygens (including phenoxy) is 1. The Morgan fingerprint density at radius 2 is 2.05 bits per heavy atom. The molecule has 4 aromatic rings. The van der Waals surface area contributed by atoms with E-state index >= 15 is 0 Å². The minimum Gasteiger partial charge on any atom is -0.377 e. The van der Waals surface area contributed by atoms with Crippen LogP contribution >= 0.6 is 11.3 Å². The zero-order valence-corrected chi connectivity index (χ0v) is 23.3. The summed E-state index contributed by atoms with van der Waals surface area (Å²) in [7, 11) is 2.04. The zero-order valence-electron chi connectivity index (χ0n) is 22.5. The number of thiazole rings is 1. The summed E-state index contributed by atoms with van der Waals surface area (Å²) >= 11 is 1.48. The van der Waals surface area contributed by atoms with Gasteiger partial charge in [0.25, 0.3) is 11.8 Å². The van der Waals surface area contributed by atoms with Crippen LogP contribution in [0, 0.1) is 0 Å². The molecule has 39 heavy (non-hydrogen) atoms. The molecule has 0 unspecified atom stereocenters. The maximum Gasteiger partial charge on any atom is 0.264 e. The third-order valence-corrected chi connectivity index (χ3v) is 8.78. The molecule has 0 bridgehead atoms. The first-order valence-electron chi connectivity index (χ1n) is 13.4. The van der Waals surface area contributed by atoms with E-state index in [9.17, 15) is 9.59 Å². The summed E-state index contributed by atoms with van der Waals surface area (Å²) in [6, 6.07) is 16.0. The van der Waals surface area contributed by atoms with Gasteiger partial charge in [-0.2, -0.15) is 0 Å². The monoisotopic (exact) mass is 543 g/mol. The lowest BCUT2D eigenvalue weighted by Crippen LogP contribution is -2.46. The first kappa shape index (κ1) is 25.6. The van der Waals surface area contributed by atoms with E-state index < -0.39 is 5.54 Å². The van der Waals surface area contributed by atoms with Crippen molar-refractivity contribution in [2.24, 2.45) is 7.05 Å². The third-order valence-electron chi connectivity index (χ3n) is 7.69. The number of fused-ring (bicyclic) bond motifs is 2. The van der Waals surface area contributed by atoms with Crippen molar-refractivity contribution in [1.29, 1.82) is 0 Å². The molecule has 2 aromatic heterocycles. The van der Waals surface area contributed by atoms with Crippen molar-refractivity contribution in [3.63, 3.8) is 0 Å². The molecular formula is C30H33N5O3S. The van der Waals surface area contributed by atoms with Crippen LogP contribution in [0.5, 0.6) is 0 Å². The van der Waals surface area contributed by atoms with Gasteiger partial charge in [-0.25, -0.2) is 4.98 Å². The number of aromatic nitrogens is 2. The minimum absolute atomic E-state index is 0.0390. The number of hydrogen-bond acceptors (Lipinski definition) is 6. The van der Waals surface area contributed by atoms with E-state index in [1.165, 1.54) is 16.9 Å². The molecule has 2 N–H and O–H groups in total. The van der Waals surface area contributed by atoms with Crippen molar-refractivity contribution in [2.45, 2.75) is 44.8 Å². The van der Waals surface area contributed by atoms with Crippen molar-refractivity contribution < 1.29 is 14.3 Å². The molecule has 0 spiro atoms. The molecule has 9 heteroatoms. The number of aryl methyl sites for hydroxylation is 2. The van der Waals surface area contributed by atoms with Crippen molar-refractivity contribution in [2.75, 3.05) is 24.7 Å². The minimum atomic E-state index is -0.447. The SMILES string of the molecule is Cn1cc(CC[C@H]2COCCN2c2nc3c(s2)C(=O)NC3(C)C)c2cc(C(=O)NCc3ccccc3)ccc21. The summed E-state index contributed by atoms with van der Waals surface area (Å²) in [5.74, 6) is -0.117. The number of rotatable bonds is 7. The number of carbonyl (C=O) groups excluding carboxylic acids is 2. The largest absolute Gasteiger partial charge is 0.377 e. The third kappa shape index (κ3) is 4.92. The van der Waals surface area contributed by atoms with Crippen LogP contribution in [0.1, 0.15) is 57.1 Å². The van der Waals surface area contributed by atoms with Gasteiger partial charge in [-0.1, -0.05) is 41.7 Å². The van der Waals surface area contributed by atoms with Crippen LogP contribution in [0.2, 0.25) is 0 Å². The Kier molecular flexibility index (Phi) is 6.64. The van der Waals surface area contributed by atoms with Gasteiger partial charge in [-0.3, -0.25) is 9.59 Å². The standard InChI is InChI=1S/C30H33N5O3S/c1-30(2)26-25(28(37)33-30)39-29(32-26)35-13-14-38-18-22(35)11-9-21-17-34(3)24-12-10-20(15-23(21)24)27(36)31-16-19-7-5-4-6-8-19/h4-8,10,12,15,17,22H,9,11,13-14,16,18H2,1-3H3,(H,31,36)(H,33,37)/t22-/m0/s1. The zero-order chi connectivity index (χ0) is 27.1. The Labute approximate surface area is 232 Å². The van der Waals surface area contributed by atoms with E-state index in [2.05, 4.69) is 26.3 Å². The summed E-state index contributed by atoms with van der Waals surface area (Å²) in [6.45, 7) is 6.50. The van der Waals surface area contributed by atoms with Gasteiger partial charge in [-0.05, 0) is 56.0 Å². The van der Waals surface area contributed by atoms with Gasteiger partial charge < -0.3 is 24.8 Å². The Morgan fingerprint density at radius 3 is 2.85 bits per heavy atom. The lowest BCUT2D eigenvalue weighted by Gasteiger charge is -2.35. The number of carbonyl (C=O) groups is 2. The second-order valence-corrected chi connectivity index (χ2v) is 11.9. The summed E-state index contributed by atoms with van der Waals surface area (Å²) in [4.78, 5) is 33.3. The first-order valence-corrected chi connectivity index (χ1v) is 14.2. The highest BCUT2D eigenvalue weighted by molar-refractivity contribution is 7.17. The van der Waals surface area contributed by atoms with Crippen molar-refractivity contribution in [3.8, 4) is 0 Å². The van der Waals surface area contributed by atoms with Crippen LogP contribution in [0.4, 0.5) is 5.13 Å². The van der Waals surface area contributed by atoms with Gasteiger partial charge in [0, 0.05) is 42.8 Å². The van der Waals surface area contributed by atoms with E-state index in [4.69, 9.17) is 9.72 Å². The smallest absolute Gasteiger partial charge is 0.264 e. The molecule has 1 fully saturated rings. The lowest BCUT2D eigenvalue weighted by molar-refractivity contribution is 0.0916. The van der Waals surface area contributed by atoms with Crippen LogP contribution in [-0.4, -0.2) is 47.2 Å². The number of benzene rings is 2. The molecule has 202 valence electrons. The highest BCUT2D eigenvalue weighted by atomic mass is 32.1. The fraction of sp³-hybridized carbons (Fsp3) is 0.367. The average Bonchev–Trinajstić information content (AvgIpc) is 3.59. The van der Waals surface area contributed by atoms with Crippen molar-refractivity contribution in [1.82, 2.24) is 20.2 Å². The highest BCUT2D eigenvalue weighted by Crippen LogP contribution is 2.38. The fourth-order valence-electron chi connectivity index (χ4n) is 5.57. The molecule has 0 radical (unpaired) electrons. The van der Waals surface area contributed by atoms with E-state index in [1.54, 1.807) is 0 Å². The Bertz CT molecular complexity index is 1540. The molecule has 6 rings (SSSR count). The lowest BCUT2D eigenvalue weighted by atomic mass is 10.0. The summed E-state index contributed by atoms with van der Waals surface area (Å²) in [6.07, 6.45) is 3.88. The summed E-state index contributed by atoms with van der Waals surface area (Å²) < 4.78 is 7.99. The molecule has 2 aliphatic rings. The molecule has 1 saturated heterocycles. The van der Waals surface area contributed by atoms with Crippen LogP contribution < -0.4 is 15.5 Å². The van der Waals surface area contributed by atoms with Gasteiger partial charge in [0.2, 0.25) is 0 Å². The van der Waals surface area contributed by atoms with Gasteiger partial charge >= 0.3 is 0 Å². The quantitative estimate of drug-likeness (QED) is 0.361. The predicted molar refractivity (Wildman–Crippen MR) is 153 cm³/mol. The Hall–Kier alpha value is -3.69. The predicted octanol–water partition coefficient (Wildman–Crippen LogP) is 4.38. The van der Waals surface area contributed by atoms with Gasteiger partial charge in [0.1, 0.15) is 4.88 Å². The van der Waals surface area contributed by atoms with Gasteiger partial charge in [-0.15, -0.1) is 0 Å². The van der Waals surface area contributed by atoms with Crippen LogP contribution in [0.15, 0.2) is 54.7 Å². The molecular weight excluding hydrogens is 510 g/mol. The average molecular weight is 544 g/mol. The second-order valence-electron chi connectivity index (χ2n) is 10.9. The first-order chi connectivity index (χ1) is 18.8. The summed E-state index contributed by atoms with van der Waals surface area (Å²) in [5, 5.41) is 8.04. The molecule has 2 aliphatic heterocycles. The second kappa shape index (κ2) is 10.1. The van der Waals surface area contributed by atoms with E-state index in [0.717, 1.165) is 46.7 Å². The maximum absolute atomic E-state index is 12.9. The Balaban J connectivity index is 1.19. The molecule has 0 aliphatic carbocycles. The van der Waals surface area contributed by atoms with Gasteiger partial charge in [0.15, 0.2) is 5.13 Å². The van der Waals surface area contributed by atoms with Gasteiger partial charge in [0.05, 0.1) is 30.5 Å². The van der Waals surface area contributed by atoms with E-state index in [1.807, 2.05) is 69.4 Å². The molecule has 2 amide bonds.